The SMILES string of the molecule is CCS(=O)(=O)N1CCN(C(=O)/C=C/c2ccc(Sc3cccc(NC4CCN(C(=O)COC)CC4)c3)c(C(F)(F)F)c2C(F)(F)F)CC1. The number of rotatable bonds is 10. The van der Waals surface area contributed by atoms with Crippen molar-refractivity contribution in [3.05, 3.63) is 59.2 Å². The molecule has 0 saturated carbocycles. The zero-order valence-electron chi connectivity index (χ0n) is 26.2. The highest BCUT2D eigenvalue weighted by Crippen LogP contribution is 2.48. The number of nitrogens with zero attached hydrogens (tertiary/aromatic N) is 3. The number of halogens is 6. The molecule has 9 nitrogen and oxygen atoms in total. The van der Waals surface area contributed by atoms with Gasteiger partial charge in [0.15, 0.2) is 0 Å². The molecule has 1 N–H and O–H groups in total. The van der Waals surface area contributed by atoms with Crippen LogP contribution in [-0.4, -0.2) is 99.1 Å². The first-order valence-corrected chi connectivity index (χ1v) is 17.5. The van der Waals surface area contributed by atoms with E-state index in [9.17, 15) is 44.3 Å². The van der Waals surface area contributed by atoms with Crippen molar-refractivity contribution in [3.63, 3.8) is 0 Å². The van der Waals surface area contributed by atoms with Gasteiger partial charge in [0.2, 0.25) is 21.8 Å². The number of piperazine rings is 1. The summed E-state index contributed by atoms with van der Waals surface area (Å²) in [5, 5.41) is 3.29. The summed E-state index contributed by atoms with van der Waals surface area (Å²) < 4.78 is 116. The molecule has 0 atom stereocenters. The Labute approximate surface area is 279 Å². The van der Waals surface area contributed by atoms with Crippen LogP contribution in [0.15, 0.2) is 52.3 Å². The third kappa shape index (κ3) is 9.45. The molecule has 0 bridgehead atoms. The van der Waals surface area contributed by atoms with Gasteiger partial charge in [-0.1, -0.05) is 23.9 Å². The number of alkyl halides is 6. The van der Waals surface area contributed by atoms with Crippen molar-refractivity contribution in [2.45, 2.75) is 48.0 Å². The average Bonchev–Trinajstić information content (AvgIpc) is 3.03. The molecule has 17 heteroatoms. The van der Waals surface area contributed by atoms with Crippen LogP contribution in [0.25, 0.3) is 6.08 Å². The molecule has 4 rings (SSSR count). The van der Waals surface area contributed by atoms with Crippen LogP contribution in [0.3, 0.4) is 0 Å². The molecule has 48 heavy (non-hydrogen) atoms. The van der Waals surface area contributed by atoms with Gasteiger partial charge in [0.1, 0.15) is 6.61 Å². The zero-order chi connectivity index (χ0) is 35.3. The Kier molecular flexibility index (Phi) is 12.1. The summed E-state index contributed by atoms with van der Waals surface area (Å²) in [6.45, 7) is 2.42. The average molecular weight is 723 g/mol. The van der Waals surface area contributed by atoms with Gasteiger partial charge in [-0.15, -0.1) is 0 Å². The lowest BCUT2D eigenvalue weighted by atomic mass is 9.99. The van der Waals surface area contributed by atoms with Gasteiger partial charge in [-0.2, -0.15) is 30.6 Å². The van der Waals surface area contributed by atoms with E-state index in [0.29, 0.717) is 49.5 Å². The smallest absolute Gasteiger partial charge is 0.382 e. The second-order valence-electron chi connectivity index (χ2n) is 11.2. The second kappa shape index (κ2) is 15.5. The molecule has 0 radical (unpaired) electrons. The summed E-state index contributed by atoms with van der Waals surface area (Å²) >= 11 is 0.537. The van der Waals surface area contributed by atoms with Gasteiger partial charge in [0.25, 0.3) is 0 Å². The van der Waals surface area contributed by atoms with Crippen molar-refractivity contribution in [2.75, 3.05) is 64.1 Å². The van der Waals surface area contributed by atoms with E-state index in [2.05, 4.69) is 5.32 Å². The van der Waals surface area contributed by atoms with E-state index in [-0.39, 0.29) is 55.4 Å². The minimum atomic E-state index is -5.41. The fourth-order valence-electron chi connectivity index (χ4n) is 5.55. The third-order valence-electron chi connectivity index (χ3n) is 8.03. The summed E-state index contributed by atoms with van der Waals surface area (Å²) in [6, 6.07) is 8.16. The van der Waals surface area contributed by atoms with Crippen molar-refractivity contribution in [2.24, 2.45) is 0 Å². The first kappa shape index (κ1) is 37.5. The molecule has 2 saturated heterocycles. The van der Waals surface area contributed by atoms with E-state index in [1.807, 2.05) is 0 Å². The largest absolute Gasteiger partial charge is 0.418 e. The number of methoxy groups -OCH3 is 1. The Bertz CT molecular complexity index is 1600. The molecular weight excluding hydrogens is 686 g/mol. The molecule has 0 aliphatic carbocycles. The minimum absolute atomic E-state index is 0.000429. The number of ether oxygens (including phenoxy) is 1. The van der Waals surface area contributed by atoms with Crippen LogP contribution in [0.2, 0.25) is 0 Å². The van der Waals surface area contributed by atoms with Crippen molar-refractivity contribution in [3.8, 4) is 0 Å². The highest BCUT2D eigenvalue weighted by molar-refractivity contribution is 7.99. The van der Waals surface area contributed by atoms with Gasteiger partial charge < -0.3 is 19.9 Å². The van der Waals surface area contributed by atoms with Crippen LogP contribution in [-0.2, 0) is 36.7 Å². The summed E-state index contributed by atoms with van der Waals surface area (Å²) in [4.78, 5) is 27.3. The Morgan fingerprint density at radius 1 is 0.938 bits per heavy atom. The molecule has 2 aliphatic rings. The molecule has 264 valence electrons. The first-order chi connectivity index (χ1) is 22.5. The number of benzene rings is 2. The number of hydrogen-bond acceptors (Lipinski definition) is 7. The predicted molar refractivity (Wildman–Crippen MR) is 169 cm³/mol. The molecule has 2 aromatic rings. The number of piperidine rings is 1. The highest BCUT2D eigenvalue weighted by atomic mass is 32.2. The lowest BCUT2D eigenvalue weighted by Crippen LogP contribution is -2.50. The van der Waals surface area contributed by atoms with Crippen LogP contribution >= 0.6 is 11.8 Å². The Morgan fingerprint density at radius 3 is 2.17 bits per heavy atom. The Hall–Kier alpha value is -3.28. The maximum Gasteiger partial charge on any atom is 0.418 e. The summed E-state index contributed by atoms with van der Waals surface area (Å²) in [7, 11) is -2.05. The molecule has 2 aromatic carbocycles. The number of sulfonamides is 1. The minimum Gasteiger partial charge on any atom is -0.382 e. The van der Waals surface area contributed by atoms with Crippen LogP contribution < -0.4 is 5.32 Å². The van der Waals surface area contributed by atoms with Crippen LogP contribution in [0.1, 0.15) is 36.5 Å². The van der Waals surface area contributed by atoms with Crippen molar-refractivity contribution >= 4 is 45.4 Å². The quantitative estimate of drug-likeness (QED) is 0.258. The number of likely N-dealkylation sites (tertiary alicyclic amines) is 1. The molecule has 2 aliphatic heterocycles. The van der Waals surface area contributed by atoms with Gasteiger partial charge in [0.05, 0.1) is 16.9 Å². The number of carbonyl (C=O) groups excluding carboxylic acids is 2. The second-order valence-corrected chi connectivity index (χ2v) is 14.6. The molecule has 2 heterocycles. The monoisotopic (exact) mass is 722 g/mol. The number of anilines is 1. The normalized spacial score (nSPS) is 17.2. The number of hydrogen-bond donors (Lipinski definition) is 1. The third-order valence-corrected chi connectivity index (χ3v) is 11.0. The topological polar surface area (TPSA) is 99.3 Å². The van der Waals surface area contributed by atoms with Gasteiger partial charge in [-0.25, -0.2) is 8.42 Å². The van der Waals surface area contributed by atoms with Crippen LogP contribution in [0, 0.1) is 0 Å². The highest BCUT2D eigenvalue weighted by Gasteiger charge is 2.46. The van der Waals surface area contributed by atoms with E-state index in [1.165, 1.54) is 29.3 Å². The lowest BCUT2D eigenvalue weighted by molar-refractivity contribution is -0.163. The van der Waals surface area contributed by atoms with E-state index in [0.717, 1.165) is 18.2 Å². The van der Waals surface area contributed by atoms with Crippen molar-refractivity contribution in [1.82, 2.24) is 14.1 Å². The molecule has 0 aromatic heterocycles. The van der Waals surface area contributed by atoms with E-state index in [4.69, 9.17) is 4.74 Å². The molecule has 0 spiro atoms. The fourth-order valence-corrected chi connectivity index (χ4v) is 7.67. The number of amides is 2. The lowest BCUT2D eigenvalue weighted by Gasteiger charge is -2.33. The number of nitrogens with one attached hydrogen (secondary N) is 1. The Balaban J connectivity index is 1.53. The van der Waals surface area contributed by atoms with Gasteiger partial charge in [0, 0.05) is 74.0 Å². The molecule has 2 fully saturated rings. The first-order valence-electron chi connectivity index (χ1n) is 15.1. The molecular formula is C31H36F6N4O5S2. The standard InChI is InChI=1S/C31H36F6N4O5S2/c1-3-48(44,45)41-17-15-40(16-18-41)26(42)10-8-21-7-9-25(29(31(35,36)37)28(21)30(32,33)34)47-24-6-4-5-23(19-24)38-22-11-13-39(14-12-22)27(43)20-46-2/h4-10,19,22,38H,3,11-18,20H2,1-2H3/b10-8+. The fraction of sp³-hybridized carbons (Fsp3) is 0.484. The van der Waals surface area contributed by atoms with E-state index in [1.54, 1.807) is 23.1 Å². The molecule has 2 amide bonds. The van der Waals surface area contributed by atoms with Crippen molar-refractivity contribution in [1.29, 1.82) is 0 Å². The van der Waals surface area contributed by atoms with E-state index >= 15 is 0 Å². The maximum atomic E-state index is 14.4. The van der Waals surface area contributed by atoms with Crippen LogP contribution in [0.5, 0.6) is 0 Å². The van der Waals surface area contributed by atoms with E-state index < -0.39 is 49.9 Å². The summed E-state index contributed by atoms with van der Waals surface area (Å²) in [6.07, 6.45) is -8.07. The molecule has 0 unspecified atom stereocenters. The van der Waals surface area contributed by atoms with Gasteiger partial charge in [-0.05, 0) is 55.7 Å². The predicted octanol–water partition coefficient (Wildman–Crippen LogP) is 5.43. The van der Waals surface area contributed by atoms with Gasteiger partial charge in [-0.3, -0.25) is 9.59 Å². The maximum absolute atomic E-state index is 14.4. The zero-order valence-corrected chi connectivity index (χ0v) is 27.9. The summed E-state index contributed by atoms with van der Waals surface area (Å²) in [5.74, 6) is -1.000. The van der Waals surface area contributed by atoms with Crippen LogP contribution in [0.4, 0.5) is 32.0 Å². The Morgan fingerprint density at radius 2 is 1.58 bits per heavy atom. The number of carbonyl (C=O) groups is 2. The van der Waals surface area contributed by atoms with Crippen molar-refractivity contribution < 1.29 is 49.1 Å². The van der Waals surface area contributed by atoms with Gasteiger partial charge >= 0.3 is 12.4 Å². The summed E-state index contributed by atoms with van der Waals surface area (Å²) in [5.41, 5.74) is -4.03.